The number of rotatable bonds is 4. The van der Waals surface area contributed by atoms with Gasteiger partial charge in [0.15, 0.2) is 17.3 Å². The van der Waals surface area contributed by atoms with Crippen LogP contribution in [0.15, 0.2) is 53.7 Å². The molecule has 0 saturated carbocycles. The summed E-state index contributed by atoms with van der Waals surface area (Å²) in [6.07, 6.45) is 1.34. The van der Waals surface area contributed by atoms with E-state index in [1.165, 1.54) is 0 Å². The molecule has 0 spiro atoms. The van der Waals surface area contributed by atoms with Crippen LogP contribution in [0.2, 0.25) is 0 Å². The zero-order chi connectivity index (χ0) is 22.3. The molecule has 2 aromatic carbocycles. The van der Waals surface area contributed by atoms with Crippen LogP contribution in [0, 0.1) is 12.3 Å². The van der Waals surface area contributed by atoms with Crippen molar-refractivity contribution in [1.29, 1.82) is 0 Å². The highest BCUT2D eigenvalue weighted by Gasteiger charge is 2.45. The number of carbonyl (C=O) groups excluding carboxylic acids is 2. The van der Waals surface area contributed by atoms with Gasteiger partial charge in [0.05, 0.1) is 19.9 Å². The van der Waals surface area contributed by atoms with E-state index in [-0.39, 0.29) is 29.4 Å². The maximum Gasteiger partial charge on any atom is 0.232 e. The van der Waals surface area contributed by atoms with E-state index in [1.54, 1.807) is 19.1 Å². The number of Topliss-reactive ketones (excluding diaryl/α,β-unsaturated/α-hetero) is 1. The van der Waals surface area contributed by atoms with E-state index >= 15 is 0 Å². The first kappa shape index (κ1) is 21.2. The van der Waals surface area contributed by atoms with Crippen molar-refractivity contribution < 1.29 is 19.1 Å². The molecule has 1 amide bonds. The molecule has 31 heavy (non-hydrogen) atoms. The van der Waals surface area contributed by atoms with Crippen LogP contribution in [-0.4, -0.2) is 25.9 Å². The Morgan fingerprint density at radius 1 is 0.968 bits per heavy atom. The van der Waals surface area contributed by atoms with Gasteiger partial charge in [-0.1, -0.05) is 44.2 Å². The molecule has 1 atom stereocenters. The molecule has 1 aliphatic heterocycles. The SMILES string of the molecule is COc1cccc(C2CC(=O)N(c3ccccc3C)C3=C2C(=O)CC(C)(C)C3)c1OC. The fraction of sp³-hybridized carbons (Fsp3) is 0.385. The molecular weight excluding hydrogens is 390 g/mol. The van der Waals surface area contributed by atoms with Gasteiger partial charge in [0.2, 0.25) is 5.91 Å². The topological polar surface area (TPSA) is 55.8 Å². The number of carbonyl (C=O) groups is 2. The quantitative estimate of drug-likeness (QED) is 0.686. The number of nitrogens with zero attached hydrogens (tertiary/aromatic N) is 1. The summed E-state index contributed by atoms with van der Waals surface area (Å²) in [5, 5.41) is 0. The van der Waals surface area contributed by atoms with E-state index in [0.29, 0.717) is 24.3 Å². The largest absolute Gasteiger partial charge is 0.493 e. The lowest BCUT2D eigenvalue weighted by molar-refractivity contribution is -0.121. The lowest BCUT2D eigenvalue weighted by Gasteiger charge is -2.43. The number of ketones is 1. The first-order chi connectivity index (χ1) is 14.8. The Bertz CT molecular complexity index is 1080. The minimum Gasteiger partial charge on any atom is -0.493 e. The second-order valence-electron chi connectivity index (χ2n) is 9.16. The van der Waals surface area contributed by atoms with Crippen LogP contribution in [0.3, 0.4) is 0 Å². The van der Waals surface area contributed by atoms with Crippen molar-refractivity contribution in [1.82, 2.24) is 0 Å². The minimum atomic E-state index is -0.351. The van der Waals surface area contributed by atoms with Gasteiger partial charge in [-0.3, -0.25) is 14.5 Å². The van der Waals surface area contributed by atoms with E-state index < -0.39 is 0 Å². The zero-order valence-electron chi connectivity index (χ0n) is 18.8. The monoisotopic (exact) mass is 419 g/mol. The van der Waals surface area contributed by atoms with E-state index in [2.05, 4.69) is 13.8 Å². The van der Waals surface area contributed by atoms with Crippen molar-refractivity contribution in [3.63, 3.8) is 0 Å². The molecule has 2 aliphatic rings. The molecule has 5 nitrogen and oxygen atoms in total. The van der Waals surface area contributed by atoms with Gasteiger partial charge in [-0.05, 0) is 36.5 Å². The third-order valence-corrected chi connectivity index (χ3v) is 6.31. The molecular formula is C26H29NO4. The molecule has 0 fully saturated rings. The highest BCUT2D eigenvalue weighted by Crippen LogP contribution is 2.50. The smallest absolute Gasteiger partial charge is 0.232 e. The Balaban J connectivity index is 1.95. The average molecular weight is 420 g/mol. The lowest BCUT2D eigenvalue weighted by Crippen LogP contribution is -2.44. The van der Waals surface area contributed by atoms with Crippen molar-refractivity contribution in [3.05, 3.63) is 64.9 Å². The summed E-state index contributed by atoms with van der Waals surface area (Å²) >= 11 is 0. The first-order valence-electron chi connectivity index (χ1n) is 10.6. The van der Waals surface area contributed by atoms with E-state index in [1.807, 2.05) is 49.4 Å². The van der Waals surface area contributed by atoms with Gasteiger partial charge in [-0.15, -0.1) is 0 Å². The Labute approximate surface area is 183 Å². The van der Waals surface area contributed by atoms with Crippen LogP contribution in [-0.2, 0) is 9.59 Å². The summed E-state index contributed by atoms with van der Waals surface area (Å²) in [7, 11) is 3.18. The number of anilines is 1. The number of amides is 1. The van der Waals surface area contributed by atoms with Gasteiger partial charge >= 0.3 is 0 Å². The fourth-order valence-corrected chi connectivity index (χ4v) is 4.96. The normalized spacial score (nSPS) is 20.5. The van der Waals surface area contributed by atoms with Crippen molar-refractivity contribution in [2.75, 3.05) is 19.1 Å². The number of hydrogen-bond donors (Lipinski definition) is 0. The number of methoxy groups -OCH3 is 2. The summed E-state index contributed by atoms with van der Waals surface area (Å²) in [5.41, 5.74) is 4.02. The molecule has 0 saturated heterocycles. The van der Waals surface area contributed by atoms with Crippen LogP contribution in [0.5, 0.6) is 11.5 Å². The predicted molar refractivity (Wildman–Crippen MR) is 121 cm³/mol. The van der Waals surface area contributed by atoms with Crippen LogP contribution < -0.4 is 14.4 Å². The van der Waals surface area contributed by atoms with E-state index in [9.17, 15) is 9.59 Å². The second-order valence-corrected chi connectivity index (χ2v) is 9.16. The standard InChI is InChI=1S/C26H29NO4/c1-16-9-6-7-11-19(16)27-20-14-26(2,3)15-21(28)24(20)18(13-23(27)29)17-10-8-12-22(30-4)25(17)31-5/h6-12,18H,13-15H2,1-5H3. The zero-order valence-corrected chi connectivity index (χ0v) is 18.8. The maximum atomic E-state index is 13.6. The summed E-state index contributed by atoms with van der Waals surface area (Å²) in [4.78, 5) is 28.8. The van der Waals surface area contributed by atoms with Crippen LogP contribution in [0.4, 0.5) is 5.69 Å². The fourth-order valence-electron chi connectivity index (χ4n) is 4.96. The van der Waals surface area contributed by atoms with Crippen LogP contribution in [0.25, 0.3) is 0 Å². The molecule has 0 radical (unpaired) electrons. The summed E-state index contributed by atoms with van der Waals surface area (Å²) in [6.45, 7) is 6.17. The molecule has 4 rings (SSSR count). The third kappa shape index (κ3) is 3.62. The van der Waals surface area contributed by atoms with Crippen molar-refractivity contribution >= 4 is 17.4 Å². The number of hydrogen-bond acceptors (Lipinski definition) is 4. The molecule has 0 aromatic heterocycles. The number of allylic oxidation sites excluding steroid dienone is 2. The maximum absolute atomic E-state index is 13.6. The third-order valence-electron chi connectivity index (χ3n) is 6.31. The highest BCUT2D eigenvalue weighted by atomic mass is 16.5. The molecule has 1 heterocycles. The highest BCUT2D eigenvalue weighted by molar-refractivity contribution is 6.08. The molecule has 5 heteroatoms. The van der Waals surface area contributed by atoms with Gasteiger partial charge in [0, 0.05) is 35.6 Å². The average Bonchev–Trinajstić information content (AvgIpc) is 2.72. The number of aryl methyl sites for hydroxylation is 1. The Kier molecular flexibility index (Phi) is 5.38. The van der Waals surface area contributed by atoms with Gasteiger partial charge in [0.1, 0.15) is 0 Å². The van der Waals surface area contributed by atoms with Gasteiger partial charge in [-0.25, -0.2) is 0 Å². The number of benzene rings is 2. The van der Waals surface area contributed by atoms with Gasteiger partial charge in [0.25, 0.3) is 0 Å². The van der Waals surface area contributed by atoms with Crippen LogP contribution in [0.1, 0.15) is 50.2 Å². The Morgan fingerprint density at radius 3 is 2.39 bits per heavy atom. The molecule has 1 aliphatic carbocycles. The first-order valence-corrected chi connectivity index (χ1v) is 10.6. The summed E-state index contributed by atoms with van der Waals surface area (Å²) in [6, 6.07) is 13.5. The molecule has 0 bridgehead atoms. The van der Waals surface area contributed by atoms with Crippen molar-refractivity contribution in [2.45, 2.75) is 46.0 Å². The molecule has 1 unspecified atom stereocenters. The minimum absolute atomic E-state index is 0.00609. The molecule has 162 valence electrons. The Hall–Kier alpha value is -3.08. The van der Waals surface area contributed by atoms with Crippen molar-refractivity contribution in [2.24, 2.45) is 5.41 Å². The van der Waals surface area contributed by atoms with Crippen LogP contribution >= 0.6 is 0 Å². The Morgan fingerprint density at radius 2 is 1.71 bits per heavy atom. The lowest BCUT2D eigenvalue weighted by atomic mass is 9.69. The van der Waals surface area contributed by atoms with Crippen molar-refractivity contribution in [3.8, 4) is 11.5 Å². The van der Waals surface area contributed by atoms with E-state index in [0.717, 1.165) is 28.1 Å². The molecule has 2 aromatic rings. The van der Waals surface area contributed by atoms with Gasteiger partial charge < -0.3 is 9.47 Å². The molecule has 0 N–H and O–H groups in total. The predicted octanol–water partition coefficient (Wildman–Crippen LogP) is 5.18. The number of ether oxygens (including phenoxy) is 2. The summed E-state index contributed by atoms with van der Waals surface area (Å²) < 4.78 is 11.1. The number of para-hydroxylation sites is 2. The summed E-state index contributed by atoms with van der Waals surface area (Å²) in [5.74, 6) is 0.924. The van der Waals surface area contributed by atoms with E-state index in [4.69, 9.17) is 9.47 Å². The van der Waals surface area contributed by atoms with Gasteiger partial charge in [-0.2, -0.15) is 0 Å². The second kappa shape index (κ2) is 7.88.